The van der Waals surface area contributed by atoms with E-state index in [-0.39, 0.29) is 5.91 Å². The van der Waals surface area contributed by atoms with Crippen molar-refractivity contribution in [2.45, 2.75) is 19.9 Å². The zero-order valence-electron chi connectivity index (χ0n) is 17.3. The second-order valence-electron chi connectivity index (χ2n) is 8.56. The van der Waals surface area contributed by atoms with Crippen LogP contribution >= 0.6 is 0 Å². The fourth-order valence-corrected chi connectivity index (χ4v) is 4.82. The lowest BCUT2D eigenvalue weighted by molar-refractivity contribution is -0.129. The molecule has 0 saturated carbocycles. The summed E-state index contributed by atoms with van der Waals surface area (Å²) in [6.45, 7) is 6.76. The van der Waals surface area contributed by atoms with Gasteiger partial charge in [0.2, 0.25) is 11.8 Å². The standard InChI is InChI=1S/C25H27N3O2/c1-18-23(26-25(30-18)20-10-6-3-7-11-20)12-24(29)28-16-21-14-27(15-22(21)17-28)13-19-8-4-2-5-9-19/h2-11,21-22H,12-17H2,1H3. The van der Waals surface area contributed by atoms with Gasteiger partial charge in [0.15, 0.2) is 0 Å². The van der Waals surface area contributed by atoms with Gasteiger partial charge in [0.25, 0.3) is 0 Å². The Labute approximate surface area is 177 Å². The molecule has 1 aromatic heterocycles. The van der Waals surface area contributed by atoms with Crippen LogP contribution in [-0.4, -0.2) is 46.9 Å². The molecule has 2 atom stereocenters. The lowest BCUT2D eigenvalue weighted by atomic mass is 10.0. The third kappa shape index (κ3) is 3.90. The van der Waals surface area contributed by atoms with E-state index < -0.39 is 0 Å². The first-order valence-corrected chi connectivity index (χ1v) is 10.7. The summed E-state index contributed by atoms with van der Waals surface area (Å²) in [6.07, 6.45) is 0.315. The van der Waals surface area contributed by atoms with Crippen LogP contribution in [0.1, 0.15) is 17.0 Å². The van der Waals surface area contributed by atoms with Gasteiger partial charge in [-0.05, 0) is 36.5 Å². The summed E-state index contributed by atoms with van der Waals surface area (Å²) in [5.74, 6) is 2.64. The molecule has 1 amide bonds. The minimum Gasteiger partial charge on any atom is -0.441 e. The number of nitrogens with zero attached hydrogens (tertiary/aromatic N) is 3. The maximum absolute atomic E-state index is 12.9. The first-order valence-electron chi connectivity index (χ1n) is 10.7. The highest BCUT2D eigenvalue weighted by Crippen LogP contribution is 2.32. The summed E-state index contributed by atoms with van der Waals surface area (Å²) >= 11 is 0. The molecule has 0 radical (unpaired) electrons. The van der Waals surface area contributed by atoms with E-state index in [1.165, 1.54) is 5.56 Å². The molecule has 30 heavy (non-hydrogen) atoms. The van der Waals surface area contributed by atoms with Crippen molar-refractivity contribution in [1.82, 2.24) is 14.8 Å². The second kappa shape index (κ2) is 8.07. The van der Waals surface area contributed by atoms with Gasteiger partial charge in [-0.15, -0.1) is 0 Å². The molecule has 2 aliphatic heterocycles. The predicted octanol–water partition coefficient (Wildman–Crippen LogP) is 3.78. The van der Waals surface area contributed by atoms with Crippen LogP contribution in [0.25, 0.3) is 11.5 Å². The van der Waals surface area contributed by atoms with Gasteiger partial charge in [-0.1, -0.05) is 48.5 Å². The Balaban J connectivity index is 1.18. The number of carbonyl (C=O) groups is 1. The van der Waals surface area contributed by atoms with Gasteiger partial charge in [-0.2, -0.15) is 0 Å². The first-order chi connectivity index (χ1) is 14.7. The van der Waals surface area contributed by atoms with Crippen LogP contribution in [0.4, 0.5) is 0 Å². The molecule has 0 spiro atoms. The maximum Gasteiger partial charge on any atom is 0.228 e. The zero-order chi connectivity index (χ0) is 20.5. The van der Waals surface area contributed by atoms with E-state index in [1.54, 1.807) is 0 Å². The van der Waals surface area contributed by atoms with Gasteiger partial charge >= 0.3 is 0 Å². The number of carbonyl (C=O) groups excluding carboxylic acids is 1. The molecule has 2 saturated heterocycles. The van der Waals surface area contributed by atoms with Crippen LogP contribution in [0.15, 0.2) is 65.1 Å². The van der Waals surface area contributed by atoms with Crippen LogP contribution in [0.2, 0.25) is 0 Å². The topological polar surface area (TPSA) is 49.6 Å². The van der Waals surface area contributed by atoms with Crippen LogP contribution in [0, 0.1) is 18.8 Å². The summed E-state index contributed by atoms with van der Waals surface area (Å²) in [4.78, 5) is 22.1. The number of hydrogen-bond donors (Lipinski definition) is 0. The van der Waals surface area contributed by atoms with Crippen molar-refractivity contribution in [3.8, 4) is 11.5 Å². The van der Waals surface area contributed by atoms with Crippen molar-refractivity contribution in [3.05, 3.63) is 77.7 Å². The summed E-state index contributed by atoms with van der Waals surface area (Å²) in [6, 6.07) is 20.5. The SMILES string of the molecule is Cc1oc(-c2ccccc2)nc1CC(=O)N1CC2CN(Cc3ccccc3)CC2C1. The van der Waals surface area contributed by atoms with Gasteiger partial charge in [-0.25, -0.2) is 4.98 Å². The molecule has 5 rings (SSSR count). The van der Waals surface area contributed by atoms with Gasteiger partial charge in [-0.3, -0.25) is 9.69 Å². The summed E-state index contributed by atoms with van der Waals surface area (Å²) in [5.41, 5.74) is 3.05. The molecule has 5 heteroatoms. The highest BCUT2D eigenvalue weighted by molar-refractivity contribution is 5.79. The van der Waals surface area contributed by atoms with Crippen molar-refractivity contribution < 1.29 is 9.21 Å². The van der Waals surface area contributed by atoms with E-state index >= 15 is 0 Å². The quantitative estimate of drug-likeness (QED) is 0.653. The predicted molar refractivity (Wildman–Crippen MR) is 116 cm³/mol. The van der Waals surface area contributed by atoms with Gasteiger partial charge in [0, 0.05) is 38.3 Å². The number of fused-ring (bicyclic) bond motifs is 1. The fourth-order valence-electron chi connectivity index (χ4n) is 4.82. The van der Waals surface area contributed by atoms with Crippen molar-refractivity contribution in [2.24, 2.45) is 11.8 Å². The van der Waals surface area contributed by atoms with Gasteiger partial charge in [0.05, 0.1) is 12.1 Å². The monoisotopic (exact) mass is 401 g/mol. The number of rotatable bonds is 5. The van der Waals surface area contributed by atoms with Crippen LogP contribution in [0.5, 0.6) is 0 Å². The lowest BCUT2D eigenvalue weighted by Crippen LogP contribution is -2.34. The molecule has 3 heterocycles. The van der Waals surface area contributed by atoms with E-state index in [2.05, 4.69) is 40.2 Å². The van der Waals surface area contributed by atoms with E-state index in [0.717, 1.165) is 49.7 Å². The Morgan fingerprint density at radius 2 is 1.60 bits per heavy atom. The molecule has 2 aromatic carbocycles. The van der Waals surface area contributed by atoms with Crippen LogP contribution < -0.4 is 0 Å². The first kappa shape index (κ1) is 19.1. The smallest absolute Gasteiger partial charge is 0.228 e. The number of aryl methyl sites for hydroxylation is 1. The van der Waals surface area contributed by atoms with E-state index in [1.807, 2.05) is 42.2 Å². The Bertz CT molecular complexity index is 1000. The molecule has 2 unspecified atom stereocenters. The fraction of sp³-hybridized carbons (Fsp3) is 0.360. The lowest BCUT2D eigenvalue weighted by Gasteiger charge is -2.21. The molecule has 5 nitrogen and oxygen atoms in total. The molecule has 2 fully saturated rings. The number of likely N-dealkylation sites (tertiary alicyclic amines) is 2. The molecule has 3 aromatic rings. The Morgan fingerprint density at radius 1 is 0.967 bits per heavy atom. The van der Waals surface area contributed by atoms with Crippen molar-refractivity contribution >= 4 is 5.91 Å². The highest BCUT2D eigenvalue weighted by Gasteiger charge is 2.41. The maximum atomic E-state index is 12.9. The number of aromatic nitrogens is 1. The van der Waals surface area contributed by atoms with Crippen molar-refractivity contribution in [3.63, 3.8) is 0 Å². The van der Waals surface area contributed by atoms with Gasteiger partial charge in [0.1, 0.15) is 5.76 Å². The summed E-state index contributed by atoms with van der Waals surface area (Å²) < 4.78 is 5.82. The molecule has 0 aliphatic carbocycles. The number of hydrogen-bond acceptors (Lipinski definition) is 4. The highest BCUT2D eigenvalue weighted by atomic mass is 16.4. The molecule has 0 bridgehead atoms. The molecule has 154 valence electrons. The normalized spacial score (nSPS) is 21.2. The molecule has 0 N–H and O–H groups in total. The zero-order valence-corrected chi connectivity index (χ0v) is 17.3. The molecular formula is C25H27N3O2. The van der Waals surface area contributed by atoms with E-state index in [0.29, 0.717) is 24.1 Å². The van der Waals surface area contributed by atoms with Crippen LogP contribution in [-0.2, 0) is 17.8 Å². The minimum atomic E-state index is 0.162. The summed E-state index contributed by atoms with van der Waals surface area (Å²) in [7, 11) is 0. The van der Waals surface area contributed by atoms with Crippen molar-refractivity contribution in [2.75, 3.05) is 26.2 Å². The number of benzene rings is 2. The largest absolute Gasteiger partial charge is 0.441 e. The Morgan fingerprint density at radius 3 is 2.27 bits per heavy atom. The third-order valence-electron chi connectivity index (χ3n) is 6.40. The number of oxazole rings is 1. The van der Waals surface area contributed by atoms with Crippen molar-refractivity contribution in [1.29, 1.82) is 0 Å². The third-order valence-corrected chi connectivity index (χ3v) is 6.40. The Kier molecular flexibility index (Phi) is 5.13. The molecule has 2 aliphatic rings. The van der Waals surface area contributed by atoms with E-state index in [9.17, 15) is 4.79 Å². The number of amides is 1. The van der Waals surface area contributed by atoms with E-state index in [4.69, 9.17) is 4.42 Å². The average Bonchev–Trinajstić information content (AvgIpc) is 3.43. The Hall–Kier alpha value is -2.92. The summed E-state index contributed by atoms with van der Waals surface area (Å²) in [5, 5.41) is 0. The second-order valence-corrected chi connectivity index (χ2v) is 8.56. The minimum absolute atomic E-state index is 0.162. The van der Waals surface area contributed by atoms with Gasteiger partial charge < -0.3 is 9.32 Å². The molecular weight excluding hydrogens is 374 g/mol. The van der Waals surface area contributed by atoms with Crippen LogP contribution in [0.3, 0.4) is 0 Å². The average molecular weight is 402 g/mol.